The van der Waals surface area contributed by atoms with Crippen LogP contribution in [0, 0.1) is 12.8 Å². The van der Waals surface area contributed by atoms with Gasteiger partial charge in [0.15, 0.2) is 11.0 Å². The summed E-state index contributed by atoms with van der Waals surface area (Å²) in [4.78, 5) is 29.4. The number of H-pyrrole nitrogens is 1. The molecule has 10 nitrogen and oxygen atoms in total. The lowest BCUT2D eigenvalue weighted by atomic mass is 10.2. The Morgan fingerprint density at radius 3 is 2.47 bits per heavy atom. The van der Waals surface area contributed by atoms with Crippen LogP contribution in [0.1, 0.15) is 18.5 Å². The molecule has 1 aliphatic rings. The van der Waals surface area contributed by atoms with Gasteiger partial charge in [0.2, 0.25) is 11.9 Å². The highest BCUT2D eigenvalue weighted by Gasteiger charge is 2.42. The number of aromatic nitrogens is 5. The number of quaternary nitrogens is 1. The van der Waals surface area contributed by atoms with Gasteiger partial charge < -0.3 is 15.5 Å². The number of anilines is 3. The topological polar surface area (TPSA) is 112 Å². The van der Waals surface area contributed by atoms with E-state index in [4.69, 9.17) is 0 Å². The molecule has 11 heteroatoms. The van der Waals surface area contributed by atoms with Crippen molar-refractivity contribution >= 4 is 41.1 Å². The molecule has 0 radical (unpaired) electrons. The van der Waals surface area contributed by atoms with Crippen LogP contribution in [0.3, 0.4) is 0 Å². The molecular formula is C23H32N9OS+. The average Bonchev–Trinajstić information content (AvgIpc) is 3.55. The number of amides is 1. The minimum Gasteiger partial charge on any atom is -0.353 e. The summed E-state index contributed by atoms with van der Waals surface area (Å²) in [5, 5.41) is 14.1. The van der Waals surface area contributed by atoms with Crippen LogP contribution in [0.5, 0.6) is 0 Å². The highest BCUT2D eigenvalue weighted by atomic mass is 32.2. The second-order valence-electron chi connectivity index (χ2n) is 9.22. The normalized spacial score (nSPS) is 13.8. The van der Waals surface area contributed by atoms with E-state index >= 15 is 0 Å². The summed E-state index contributed by atoms with van der Waals surface area (Å²) in [6.07, 6.45) is 2.01. The van der Waals surface area contributed by atoms with Crippen LogP contribution in [0.4, 0.5) is 23.4 Å². The maximum absolute atomic E-state index is 12.7. The minimum absolute atomic E-state index is 0.205. The molecule has 3 aromatic rings. The molecule has 4 rings (SSSR count). The fraction of sp³-hybridized carbons (Fsp3) is 0.435. The van der Waals surface area contributed by atoms with Crippen LogP contribution < -0.4 is 15.1 Å². The fourth-order valence-electron chi connectivity index (χ4n) is 3.43. The molecule has 3 N–H and O–H groups in total. The lowest BCUT2D eigenvalue weighted by Crippen LogP contribution is -2.47. The van der Waals surface area contributed by atoms with Gasteiger partial charge in [0.25, 0.3) is 0 Å². The number of nitrogens with zero attached hydrogens (tertiary/aromatic N) is 6. The Labute approximate surface area is 204 Å². The average molecular weight is 483 g/mol. The number of benzene rings is 1. The number of likely N-dealkylation sites (N-methyl/N-ethyl adjacent to an activating group) is 1. The second-order valence-corrected chi connectivity index (χ2v) is 10.3. The number of aryl methyl sites for hydroxylation is 1. The summed E-state index contributed by atoms with van der Waals surface area (Å²) < 4.78 is 0.262. The first-order chi connectivity index (χ1) is 16.2. The van der Waals surface area contributed by atoms with E-state index in [1.807, 2.05) is 65.4 Å². The molecule has 1 fully saturated rings. The first-order valence-corrected chi connectivity index (χ1v) is 12.1. The maximum atomic E-state index is 12.7. The molecule has 0 bridgehead atoms. The zero-order chi connectivity index (χ0) is 24.3. The van der Waals surface area contributed by atoms with Gasteiger partial charge in [0.05, 0.1) is 20.0 Å². The van der Waals surface area contributed by atoms with Crippen molar-refractivity contribution in [2.24, 2.45) is 5.92 Å². The van der Waals surface area contributed by atoms with Gasteiger partial charge in [0, 0.05) is 41.9 Å². The lowest BCUT2D eigenvalue weighted by molar-refractivity contribution is -0.129. The summed E-state index contributed by atoms with van der Waals surface area (Å²) in [6.45, 7) is 3.49. The van der Waals surface area contributed by atoms with Gasteiger partial charge in [-0.25, -0.2) is 9.28 Å². The highest BCUT2D eigenvalue weighted by molar-refractivity contribution is 7.99. The van der Waals surface area contributed by atoms with E-state index in [1.54, 1.807) is 0 Å². The number of carbonyl (C=O) groups excluding carboxylic acids is 1. The van der Waals surface area contributed by atoms with Crippen molar-refractivity contribution in [3.63, 3.8) is 0 Å². The van der Waals surface area contributed by atoms with Gasteiger partial charge >= 0.3 is 5.91 Å². The molecule has 2 heterocycles. The molecule has 0 atom stereocenters. The van der Waals surface area contributed by atoms with Crippen molar-refractivity contribution in [2.45, 2.75) is 29.8 Å². The van der Waals surface area contributed by atoms with Crippen LogP contribution >= 0.6 is 11.8 Å². The molecule has 1 aromatic carbocycles. The quantitative estimate of drug-likeness (QED) is 0.375. The van der Waals surface area contributed by atoms with Crippen LogP contribution in [0.2, 0.25) is 0 Å². The smallest absolute Gasteiger partial charge is 0.321 e. The standard InChI is InChI=1S/C23H32N9OS/c1-15-14-19(30-29-15)25-22-26-21(24-12-13-31(2)3)27-23(28-22)34-18-10-8-17(9-11-18)32(4,5)20(33)16-6-7-16/h8-11,14,16H,6-7,12-13H2,1-5H3,(H3,24,25,26,27,28,29,30)/q+1. The molecule has 0 aliphatic heterocycles. The lowest BCUT2D eigenvalue weighted by Gasteiger charge is -2.26. The number of aromatic amines is 1. The van der Waals surface area contributed by atoms with E-state index in [0.717, 1.165) is 35.7 Å². The second kappa shape index (κ2) is 10.1. The Morgan fingerprint density at radius 1 is 1.15 bits per heavy atom. The molecule has 0 unspecified atom stereocenters. The summed E-state index contributed by atoms with van der Waals surface area (Å²) in [6, 6.07) is 9.91. The van der Waals surface area contributed by atoms with E-state index in [1.165, 1.54) is 11.8 Å². The third-order valence-corrected chi connectivity index (χ3v) is 6.44. The largest absolute Gasteiger partial charge is 0.353 e. The Hall–Kier alpha value is -3.02. The molecule has 1 saturated carbocycles. The molecule has 180 valence electrons. The SMILES string of the molecule is Cc1cc(Nc2nc(NCCN(C)C)nc(Sc3ccc([N+](C)(C)C(=O)C4CC4)cc3)n2)n[nH]1. The summed E-state index contributed by atoms with van der Waals surface area (Å²) in [7, 11) is 7.95. The first-order valence-electron chi connectivity index (χ1n) is 11.3. The molecule has 0 spiro atoms. The number of carbonyl (C=O) groups is 1. The maximum Gasteiger partial charge on any atom is 0.321 e. The van der Waals surface area contributed by atoms with Crippen molar-refractivity contribution in [1.29, 1.82) is 0 Å². The number of hydrogen-bond acceptors (Lipinski definition) is 9. The highest BCUT2D eigenvalue weighted by Crippen LogP contribution is 2.36. The van der Waals surface area contributed by atoms with Crippen LogP contribution in [-0.2, 0) is 4.79 Å². The molecular weight excluding hydrogens is 450 g/mol. The zero-order valence-electron chi connectivity index (χ0n) is 20.3. The Morgan fingerprint density at radius 2 is 1.85 bits per heavy atom. The Bertz CT molecular complexity index is 1140. The Balaban J connectivity index is 1.52. The summed E-state index contributed by atoms with van der Waals surface area (Å²) in [5.74, 6) is 2.04. The number of rotatable bonds is 10. The number of nitrogens with one attached hydrogen (secondary N) is 3. The van der Waals surface area contributed by atoms with E-state index < -0.39 is 0 Å². The fourth-order valence-corrected chi connectivity index (χ4v) is 4.18. The van der Waals surface area contributed by atoms with E-state index in [-0.39, 0.29) is 16.3 Å². The van der Waals surface area contributed by atoms with Gasteiger partial charge in [0.1, 0.15) is 5.69 Å². The Kier molecular flexibility index (Phi) is 7.15. The molecule has 2 aromatic heterocycles. The molecule has 1 aliphatic carbocycles. The predicted octanol–water partition coefficient (Wildman–Crippen LogP) is 3.27. The van der Waals surface area contributed by atoms with Crippen molar-refractivity contribution in [3.8, 4) is 0 Å². The van der Waals surface area contributed by atoms with Crippen molar-refractivity contribution < 1.29 is 4.79 Å². The molecule has 0 saturated heterocycles. The first kappa shape index (κ1) is 24.1. The van der Waals surface area contributed by atoms with Gasteiger partial charge in [-0.2, -0.15) is 20.1 Å². The van der Waals surface area contributed by atoms with Crippen molar-refractivity contribution in [3.05, 3.63) is 36.0 Å². The van der Waals surface area contributed by atoms with Gasteiger partial charge in [-0.1, -0.05) is 0 Å². The minimum atomic E-state index is 0.205. The summed E-state index contributed by atoms with van der Waals surface area (Å²) in [5.41, 5.74) is 1.91. The van der Waals surface area contributed by atoms with E-state index in [9.17, 15) is 4.79 Å². The van der Waals surface area contributed by atoms with Gasteiger partial charge in [-0.15, -0.1) is 0 Å². The third-order valence-electron chi connectivity index (χ3n) is 5.57. The number of hydrogen-bond donors (Lipinski definition) is 3. The molecule has 34 heavy (non-hydrogen) atoms. The van der Waals surface area contributed by atoms with Crippen LogP contribution in [0.15, 0.2) is 40.4 Å². The monoisotopic (exact) mass is 482 g/mol. The van der Waals surface area contributed by atoms with E-state index in [2.05, 4.69) is 40.7 Å². The van der Waals surface area contributed by atoms with Gasteiger partial charge in [-0.05, 0) is 57.8 Å². The predicted molar refractivity (Wildman–Crippen MR) is 135 cm³/mol. The zero-order valence-corrected chi connectivity index (χ0v) is 21.1. The van der Waals surface area contributed by atoms with Gasteiger partial charge in [-0.3, -0.25) is 5.10 Å². The van der Waals surface area contributed by atoms with E-state index in [0.29, 0.717) is 29.4 Å². The molecule has 1 amide bonds. The van der Waals surface area contributed by atoms with Crippen molar-refractivity contribution in [2.75, 3.05) is 51.9 Å². The third kappa shape index (κ3) is 6.10. The summed E-state index contributed by atoms with van der Waals surface area (Å²) >= 11 is 1.45. The van der Waals surface area contributed by atoms with Crippen LogP contribution in [-0.4, -0.2) is 77.2 Å². The van der Waals surface area contributed by atoms with Crippen LogP contribution in [0.25, 0.3) is 0 Å². The van der Waals surface area contributed by atoms with Crippen molar-refractivity contribution in [1.82, 2.24) is 34.5 Å².